The maximum atomic E-state index is 11.5. The second-order valence-electron chi connectivity index (χ2n) is 3.75. The Labute approximate surface area is 102 Å². The van der Waals surface area contributed by atoms with Gasteiger partial charge in [0, 0.05) is 11.8 Å². The van der Waals surface area contributed by atoms with Crippen molar-refractivity contribution in [2.75, 3.05) is 11.9 Å². The van der Waals surface area contributed by atoms with E-state index in [2.05, 4.69) is 15.9 Å². The number of esters is 1. The fraction of sp³-hybridized carbons (Fsp3) is 0.889. The number of rotatable bonds is 5. The van der Waals surface area contributed by atoms with Gasteiger partial charge in [0.05, 0.1) is 6.61 Å². The molecule has 2 nitrogen and oxygen atoms in total. The smallest absolute Gasteiger partial charge is 0.314 e. The zero-order chi connectivity index (χ0) is 10.8. The molecule has 1 aliphatic rings. The van der Waals surface area contributed by atoms with Crippen molar-refractivity contribution in [1.29, 1.82) is 0 Å². The topological polar surface area (TPSA) is 26.3 Å². The molecule has 0 aromatic rings. The number of halogens is 3. The van der Waals surface area contributed by atoms with E-state index in [-0.39, 0.29) is 5.97 Å². The van der Waals surface area contributed by atoms with E-state index >= 15 is 0 Å². The summed E-state index contributed by atoms with van der Waals surface area (Å²) in [5.74, 6) is -0.280. The lowest BCUT2D eigenvalue weighted by Gasteiger charge is -2.11. The molecule has 1 rings (SSSR count). The first-order chi connectivity index (χ1) is 6.44. The highest BCUT2D eigenvalue weighted by atomic mass is 79.9. The largest absolute Gasteiger partial charge is 0.465 e. The van der Waals surface area contributed by atoms with Gasteiger partial charge in [0.15, 0.2) is 0 Å². The van der Waals surface area contributed by atoms with Crippen LogP contribution in [0.25, 0.3) is 0 Å². The lowest BCUT2D eigenvalue weighted by Crippen LogP contribution is -2.21. The Bertz CT molecular complexity index is 233. The molecule has 1 saturated carbocycles. The van der Waals surface area contributed by atoms with Gasteiger partial charge in [-0.25, -0.2) is 0 Å². The first-order valence-corrected chi connectivity index (χ1v) is 6.43. The van der Waals surface area contributed by atoms with Crippen LogP contribution < -0.4 is 0 Å². The molecule has 1 fully saturated rings. The first-order valence-electron chi connectivity index (χ1n) is 4.55. The van der Waals surface area contributed by atoms with Gasteiger partial charge in [-0.15, -0.1) is 23.2 Å². The molecule has 0 N–H and O–H groups in total. The van der Waals surface area contributed by atoms with Gasteiger partial charge >= 0.3 is 5.97 Å². The van der Waals surface area contributed by atoms with Gasteiger partial charge in [-0.05, 0) is 19.8 Å². The Morgan fingerprint density at radius 2 is 2.07 bits per heavy atom. The van der Waals surface area contributed by atoms with Gasteiger partial charge in [0.25, 0.3) is 0 Å². The molecular formula is C9H13BrCl2O2. The Kier molecular flexibility index (Phi) is 4.12. The summed E-state index contributed by atoms with van der Waals surface area (Å²) in [5, 5.41) is 0.927. The van der Waals surface area contributed by atoms with Crippen LogP contribution in [0.5, 0.6) is 0 Å². The average molecular weight is 304 g/mol. The number of hydrogen-bond donors (Lipinski definition) is 0. The number of alkyl halides is 3. The minimum Gasteiger partial charge on any atom is -0.465 e. The van der Waals surface area contributed by atoms with Gasteiger partial charge in [-0.3, -0.25) is 4.79 Å². The van der Waals surface area contributed by atoms with Crippen LogP contribution in [0.15, 0.2) is 0 Å². The number of carbonyl (C=O) groups excluding carboxylic acids is 1. The van der Waals surface area contributed by atoms with Gasteiger partial charge in [-0.1, -0.05) is 15.9 Å². The summed E-state index contributed by atoms with van der Waals surface area (Å²) in [4.78, 5) is 11.5. The van der Waals surface area contributed by atoms with Crippen molar-refractivity contribution in [3.63, 3.8) is 0 Å². The normalized spacial score (nSPS) is 28.6. The summed E-state index contributed by atoms with van der Waals surface area (Å²) in [6.45, 7) is 2.18. The van der Waals surface area contributed by atoms with Gasteiger partial charge < -0.3 is 4.74 Å². The summed E-state index contributed by atoms with van der Waals surface area (Å²) < 4.78 is 4.16. The van der Waals surface area contributed by atoms with E-state index in [1.807, 2.05) is 0 Å². The summed E-state index contributed by atoms with van der Waals surface area (Å²) >= 11 is 15.0. The third kappa shape index (κ3) is 2.56. The molecule has 14 heavy (non-hydrogen) atoms. The molecule has 0 spiro atoms. The molecule has 0 radical (unpaired) electrons. The summed E-state index contributed by atoms with van der Waals surface area (Å²) in [5.41, 5.74) is -0.690. The Morgan fingerprint density at radius 1 is 1.50 bits per heavy atom. The molecular weight excluding hydrogens is 291 g/mol. The number of unbranched alkanes of at least 4 members (excludes halogenated alkanes) is 1. The fourth-order valence-corrected chi connectivity index (χ4v) is 2.23. The van der Waals surface area contributed by atoms with Crippen molar-refractivity contribution in [2.45, 2.75) is 30.5 Å². The van der Waals surface area contributed by atoms with Crippen LogP contribution in [-0.2, 0) is 9.53 Å². The van der Waals surface area contributed by atoms with E-state index in [9.17, 15) is 4.79 Å². The van der Waals surface area contributed by atoms with Crippen molar-refractivity contribution >= 4 is 45.1 Å². The quantitative estimate of drug-likeness (QED) is 0.442. The lowest BCUT2D eigenvalue weighted by atomic mass is 10.1. The van der Waals surface area contributed by atoms with E-state index in [1.54, 1.807) is 6.92 Å². The first kappa shape index (κ1) is 12.6. The van der Waals surface area contributed by atoms with Crippen LogP contribution >= 0.6 is 39.1 Å². The summed E-state index contributed by atoms with van der Waals surface area (Å²) in [7, 11) is 0. The monoisotopic (exact) mass is 302 g/mol. The average Bonchev–Trinajstić information content (AvgIpc) is 2.61. The zero-order valence-corrected chi connectivity index (χ0v) is 11.1. The second kappa shape index (κ2) is 4.58. The van der Waals surface area contributed by atoms with E-state index in [0.29, 0.717) is 13.0 Å². The molecule has 0 amide bonds. The third-order valence-corrected chi connectivity index (χ3v) is 4.13. The van der Waals surface area contributed by atoms with E-state index in [1.165, 1.54) is 0 Å². The van der Waals surface area contributed by atoms with E-state index < -0.39 is 9.75 Å². The molecule has 1 aliphatic carbocycles. The minimum absolute atomic E-state index is 0.280. The zero-order valence-electron chi connectivity index (χ0n) is 7.99. The molecule has 82 valence electrons. The summed E-state index contributed by atoms with van der Waals surface area (Å²) in [6.07, 6.45) is 2.35. The van der Waals surface area contributed by atoms with Crippen molar-refractivity contribution < 1.29 is 9.53 Å². The van der Waals surface area contributed by atoms with Gasteiger partial charge in [-0.2, -0.15) is 0 Å². The molecule has 0 heterocycles. The van der Waals surface area contributed by atoms with Crippen LogP contribution in [0.1, 0.15) is 26.2 Å². The number of carbonyl (C=O) groups is 1. The van der Waals surface area contributed by atoms with E-state index in [0.717, 1.165) is 18.2 Å². The predicted octanol–water partition coefficient (Wildman–Crippen LogP) is 3.29. The molecule has 0 bridgehead atoms. The molecule has 0 aliphatic heterocycles. The van der Waals surface area contributed by atoms with Crippen molar-refractivity contribution in [2.24, 2.45) is 5.41 Å². The van der Waals surface area contributed by atoms with Crippen LogP contribution in [0.2, 0.25) is 0 Å². The Morgan fingerprint density at radius 3 is 2.50 bits per heavy atom. The molecule has 1 atom stereocenters. The highest BCUT2D eigenvalue weighted by Crippen LogP contribution is 2.64. The molecule has 5 heteroatoms. The van der Waals surface area contributed by atoms with Crippen molar-refractivity contribution in [1.82, 2.24) is 0 Å². The molecule has 0 aromatic carbocycles. The maximum Gasteiger partial charge on any atom is 0.314 e. The van der Waals surface area contributed by atoms with Gasteiger partial charge in [0.1, 0.15) is 9.75 Å². The standard InChI is InChI=1S/C9H13BrCl2O2/c1-8(6-9(8,11)12)7(13)14-5-3-2-4-10/h2-6H2,1H3. The van der Waals surface area contributed by atoms with Gasteiger partial charge in [0.2, 0.25) is 0 Å². The van der Waals surface area contributed by atoms with Crippen LogP contribution in [0.3, 0.4) is 0 Å². The predicted molar refractivity (Wildman–Crippen MR) is 61.1 cm³/mol. The Hall–Kier alpha value is 0.530. The third-order valence-electron chi connectivity index (χ3n) is 2.47. The summed E-state index contributed by atoms with van der Waals surface area (Å²) in [6, 6.07) is 0. The molecule has 0 saturated heterocycles. The fourth-order valence-electron chi connectivity index (χ4n) is 1.14. The van der Waals surface area contributed by atoms with Crippen molar-refractivity contribution in [3.8, 4) is 0 Å². The molecule has 1 unspecified atom stereocenters. The van der Waals surface area contributed by atoms with E-state index in [4.69, 9.17) is 27.9 Å². The maximum absolute atomic E-state index is 11.5. The number of ether oxygens (including phenoxy) is 1. The van der Waals surface area contributed by atoms with Crippen molar-refractivity contribution in [3.05, 3.63) is 0 Å². The molecule has 0 aromatic heterocycles. The highest BCUT2D eigenvalue weighted by molar-refractivity contribution is 9.09. The SMILES string of the molecule is CC1(C(=O)OCCCCBr)CC1(Cl)Cl. The second-order valence-corrected chi connectivity index (χ2v) is 6.02. The van der Waals surface area contributed by atoms with Crippen LogP contribution in [0, 0.1) is 5.41 Å². The minimum atomic E-state index is -0.917. The number of hydrogen-bond acceptors (Lipinski definition) is 2. The lowest BCUT2D eigenvalue weighted by molar-refractivity contribution is -0.149. The Balaban J connectivity index is 2.24. The van der Waals surface area contributed by atoms with Crippen LogP contribution in [-0.4, -0.2) is 22.2 Å². The highest BCUT2D eigenvalue weighted by Gasteiger charge is 2.69. The van der Waals surface area contributed by atoms with Crippen LogP contribution in [0.4, 0.5) is 0 Å².